The van der Waals surface area contributed by atoms with Crippen LogP contribution in [0.25, 0.3) is 0 Å². The number of imidazole rings is 1. The molecule has 0 aliphatic carbocycles. The van der Waals surface area contributed by atoms with Gasteiger partial charge in [-0.25, -0.2) is 4.98 Å². The number of halogens is 1. The number of aryl methyl sites for hydroxylation is 1. The first kappa shape index (κ1) is 19.9. The van der Waals surface area contributed by atoms with Gasteiger partial charge in [0.1, 0.15) is 12.6 Å². The first-order valence-electron chi connectivity index (χ1n) is 7.78. The Hall–Kier alpha value is -0.133. The standard InChI is InChI=1S/C14H28ClN2O3PSi/c1-5-6-7-13-16-14(15)12(10-21(18)19)17(13)11-20-8-9-22(2,3)4/h21H,5-11H2,1-4H3,(H,18,19). The van der Waals surface area contributed by atoms with Crippen LogP contribution in [0.5, 0.6) is 0 Å². The third-order valence-electron chi connectivity index (χ3n) is 3.39. The molecular weight excluding hydrogens is 339 g/mol. The normalized spacial score (nSPS) is 13.5. The van der Waals surface area contributed by atoms with E-state index < -0.39 is 16.1 Å². The van der Waals surface area contributed by atoms with Crippen LogP contribution in [0.1, 0.15) is 31.3 Å². The van der Waals surface area contributed by atoms with Gasteiger partial charge in [-0.1, -0.05) is 44.6 Å². The van der Waals surface area contributed by atoms with Crippen LogP contribution in [-0.4, -0.2) is 29.1 Å². The zero-order valence-electron chi connectivity index (χ0n) is 14.0. The SMILES string of the molecule is CCCCc1nc(Cl)c(C[PH](=O)O)n1COCC[Si](C)(C)C. The Morgan fingerprint density at radius 2 is 2.09 bits per heavy atom. The van der Waals surface area contributed by atoms with Crippen LogP contribution in [-0.2, 0) is 28.6 Å². The van der Waals surface area contributed by atoms with Crippen LogP contribution < -0.4 is 0 Å². The second-order valence-electron chi connectivity index (χ2n) is 6.72. The second kappa shape index (κ2) is 9.23. The predicted molar refractivity (Wildman–Crippen MR) is 94.9 cm³/mol. The van der Waals surface area contributed by atoms with E-state index in [1.165, 1.54) is 0 Å². The molecule has 1 unspecified atom stereocenters. The summed E-state index contributed by atoms with van der Waals surface area (Å²) in [6.07, 6.45) is 2.93. The zero-order valence-corrected chi connectivity index (χ0v) is 16.7. The summed E-state index contributed by atoms with van der Waals surface area (Å²) in [5.74, 6) is 0.845. The zero-order chi connectivity index (χ0) is 16.8. The quantitative estimate of drug-likeness (QED) is 0.383. The number of hydrogen-bond donors (Lipinski definition) is 1. The van der Waals surface area contributed by atoms with Crippen LogP contribution >= 0.6 is 19.6 Å². The highest BCUT2D eigenvalue weighted by Crippen LogP contribution is 2.28. The summed E-state index contributed by atoms with van der Waals surface area (Å²) < 4.78 is 18.9. The summed E-state index contributed by atoms with van der Waals surface area (Å²) in [5, 5.41) is 0.326. The van der Waals surface area contributed by atoms with Gasteiger partial charge in [0, 0.05) is 21.1 Å². The van der Waals surface area contributed by atoms with Crippen molar-refractivity contribution in [3.63, 3.8) is 0 Å². The van der Waals surface area contributed by atoms with Gasteiger partial charge in [0.2, 0.25) is 0 Å². The molecule has 0 fully saturated rings. The lowest BCUT2D eigenvalue weighted by Crippen LogP contribution is -2.22. The maximum Gasteiger partial charge on any atom is 0.194 e. The van der Waals surface area contributed by atoms with Crippen molar-refractivity contribution in [1.29, 1.82) is 0 Å². The van der Waals surface area contributed by atoms with Crippen LogP contribution in [0.3, 0.4) is 0 Å². The Kier molecular flexibility index (Phi) is 8.36. The number of unbranched alkanes of at least 4 members (excludes halogenated alkanes) is 1. The molecule has 0 aliphatic rings. The van der Waals surface area contributed by atoms with E-state index in [2.05, 4.69) is 31.5 Å². The van der Waals surface area contributed by atoms with E-state index in [9.17, 15) is 9.46 Å². The summed E-state index contributed by atoms with van der Waals surface area (Å²) in [5.41, 5.74) is 0.618. The molecule has 0 amide bonds. The van der Waals surface area contributed by atoms with Gasteiger partial charge in [-0.2, -0.15) is 0 Å². The van der Waals surface area contributed by atoms with Crippen LogP contribution in [0.15, 0.2) is 0 Å². The van der Waals surface area contributed by atoms with E-state index in [0.717, 1.165) is 31.1 Å². The molecule has 1 N–H and O–H groups in total. The third kappa shape index (κ3) is 6.96. The summed E-state index contributed by atoms with van der Waals surface area (Å²) in [6, 6.07) is 1.09. The number of aromatic nitrogens is 2. The minimum Gasteiger partial charge on any atom is -0.361 e. The van der Waals surface area contributed by atoms with Crippen molar-refractivity contribution < 1.29 is 14.2 Å². The Balaban J connectivity index is 2.80. The minimum absolute atomic E-state index is 0.0556. The average Bonchev–Trinajstić information content (AvgIpc) is 2.67. The van der Waals surface area contributed by atoms with E-state index >= 15 is 0 Å². The van der Waals surface area contributed by atoms with E-state index in [4.69, 9.17) is 16.3 Å². The van der Waals surface area contributed by atoms with E-state index in [1.54, 1.807) is 0 Å². The second-order valence-corrected chi connectivity index (χ2v) is 13.8. The lowest BCUT2D eigenvalue weighted by atomic mass is 10.2. The molecule has 128 valence electrons. The monoisotopic (exact) mass is 366 g/mol. The molecule has 0 aliphatic heterocycles. The summed E-state index contributed by atoms with van der Waals surface area (Å²) in [7, 11) is -3.76. The highest BCUT2D eigenvalue weighted by Gasteiger charge is 2.18. The molecule has 1 atom stereocenters. The van der Waals surface area contributed by atoms with Crippen LogP contribution in [0, 0.1) is 0 Å². The molecule has 0 saturated carbocycles. The number of rotatable bonds is 10. The number of hydrogen-bond acceptors (Lipinski definition) is 3. The van der Waals surface area contributed by atoms with Crippen molar-refractivity contribution in [2.45, 2.75) is 64.8 Å². The average molecular weight is 367 g/mol. The van der Waals surface area contributed by atoms with E-state index in [1.807, 2.05) is 4.57 Å². The molecule has 0 bridgehead atoms. The maximum absolute atomic E-state index is 11.2. The van der Waals surface area contributed by atoms with Crippen molar-refractivity contribution in [2.24, 2.45) is 0 Å². The lowest BCUT2D eigenvalue weighted by Gasteiger charge is -2.17. The van der Waals surface area contributed by atoms with Crippen molar-refractivity contribution >= 4 is 27.7 Å². The molecule has 1 rings (SSSR count). The van der Waals surface area contributed by atoms with Crippen molar-refractivity contribution in [2.75, 3.05) is 6.61 Å². The summed E-state index contributed by atoms with van der Waals surface area (Å²) in [6.45, 7) is 10.1. The Morgan fingerprint density at radius 3 is 2.64 bits per heavy atom. The van der Waals surface area contributed by atoms with Gasteiger partial charge in [0.25, 0.3) is 0 Å². The molecule has 22 heavy (non-hydrogen) atoms. The lowest BCUT2D eigenvalue weighted by molar-refractivity contribution is 0.0836. The van der Waals surface area contributed by atoms with E-state index in [-0.39, 0.29) is 6.16 Å². The molecule has 8 heteroatoms. The molecule has 0 aromatic carbocycles. The van der Waals surface area contributed by atoms with E-state index in [0.29, 0.717) is 24.2 Å². The highest BCUT2D eigenvalue weighted by molar-refractivity contribution is 7.37. The van der Waals surface area contributed by atoms with Crippen LogP contribution in [0.4, 0.5) is 0 Å². The largest absolute Gasteiger partial charge is 0.361 e. The number of ether oxygens (including phenoxy) is 1. The molecule has 0 spiro atoms. The summed E-state index contributed by atoms with van der Waals surface area (Å²) in [4.78, 5) is 13.6. The fourth-order valence-electron chi connectivity index (χ4n) is 2.03. The van der Waals surface area contributed by atoms with Gasteiger partial charge >= 0.3 is 0 Å². The molecule has 1 aromatic rings. The number of nitrogens with zero attached hydrogens (tertiary/aromatic N) is 2. The fraction of sp³-hybridized carbons (Fsp3) is 0.786. The smallest absolute Gasteiger partial charge is 0.194 e. The van der Waals surface area contributed by atoms with Gasteiger partial charge < -0.3 is 14.2 Å². The Morgan fingerprint density at radius 1 is 1.41 bits per heavy atom. The van der Waals surface area contributed by atoms with Gasteiger partial charge in [-0.3, -0.25) is 4.57 Å². The maximum atomic E-state index is 11.2. The molecule has 5 nitrogen and oxygen atoms in total. The van der Waals surface area contributed by atoms with Gasteiger partial charge in [-0.05, 0) is 12.5 Å². The van der Waals surface area contributed by atoms with Gasteiger partial charge in [0.05, 0.1) is 11.9 Å². The van der Waals surface area contributed by atoms with Crippen molar-refractivity contribution in [3.05, 3.63) is 16.7 Å². The molecule has 0 radical (unpaired) electrons. The first-order chi connectivity index (χ1) is 10.2. The topological polar surface area (TPSA) is 64.3 Å². The highest BCUT2D eigenvalue weighted by atomic mass is 35.5. The fourth-order valence-corrected chi connectivity index (χ4v) is 3.81. The minimum atomic E-state index is -2.63. The summed E-state index contributed by atoms with van der Waals surface area (Å²) >= 11 is 6.14. The Labute approximate surface area is 139 Å². The molecule has 0 saturated heterocycles. The third-order valence-corrected chi connectivity index (χ3v) is 6.04. The van der Waals surface area contributed by atoms with Gasteiger partial charge in [0.15, 0.2) is 13.2 Å². The predicted octanol–water partition coefficient (Wildman–Crippen LogP) is 4.16. The van der Waals surface area contributed by atoms with Crippen molar-refractivity contribution in [3.8, 4) is 0 Å². The van der Waals surface area contributed by atoms with Crippen molar-refractivity contribution in [1.82, 2.24) is 9.55 Å². The van der Waals surface area contributed by atoms with Crippen LogP contribution in [0.2, 0.25) is 30.8 Å². The molecule has 1 aromatic heterocycles. The molecular formula is C14H28ClN2O3PSi. The van der Waals surface area contributed by atoms with Gasteiger partial charge in [-0.15, -0.1) is 0 Å². The Bertz CT molecular complexity index is 503. The molecule has 1 heterocycles. The first-order valence-corrected chi connectivity index (χ1v) is 13.4.